The maximum Gasteiger partial charge on any atom is 0.306 e. The number of nitrogens with one attached hydrogen (secondary N) is 1. The van der Waals surface area contributed by atoms with Crippen molar-refractivity contribution >= 4 is 21.7 Å². The molecule has 1 atom stereocenters. The molecule has 1 spiro atoms. The molecular formula is C23H30N4O6S. The Morgan fingerprint density at radius 3 is 2.68 bits per heavy atom. The summed E-state index contributed by atoms with van der Waals surface area (Å²) in [6.07, 6.45) is 5.64. The number of carboxylic acid groups (broad SMARTS) is 1. The van der Waals surface area contributed by atoms with Crippen molar-refractivity contribution in [3.63, 3.8) is 0 Å². The molecule has 4 rings (SSSR count). The molecule has 0 radical (unpaired) electrons. The lowest BCUT2D eigenvalue weighted by Crippen LogP contribution is -2.49. The lowest BCUT2D eigenvalue weighted by Gasteiger charge is -2.49. The molecule has 1 saturated heterocycles. The van der Waals surface area contributed by atoms with Gasteiger partial charge in [0.25, 0.3) is 5.91 Å². The van der Waals surface area contributed by atoms with E-state index in [2.05, 4.69) is 15.6 Å². The van der Waals surface area contributed by atoms with Crippen molar-refractivity contribution < 1.29 is 27.9 Å². The fraction of sp³-hybridized carbons (Fsp3) is 0.565. The van der Waals surface area contributed by atoms with E-state index in [1.807, 2.05) is 0 Å². The van der Waals surface area contributed by atoms with Gasteiger partial charge in [-0.15, -0.1) is 5.10 Å². The van der Waals surface area contributed by atoms with Crippen LogP contribution >= 0.6 is 0 Å². The highest BCUT2D eigenvalue weighted by Crippen LogP contribution is 2.51. The zero-order chi connectivity index (χ0) is 24.7. The molecular weight excluding hydrogens is 460 g/mol. The fourth-order valence-electron chi connectivity index (χ4n) is 4.51. The number of benzene rings is 1. The number of aliphatic carboxylic acids is 1. The number of amides is 1. The van der Waals surface area contributed by atoms with Crippen molar-refractivity contribution in [1.82, 2.24) is 20.3 Å². The van der Waals surface area contributed by atoms with Gasteiger partial charge in [0.05, 0.1) is 30.5 Å². The quantitative estimate of drug-likeness (QED) is 0.600. The van der Waals surface area contributed by atoms with E-state index in [9.17, 15) is 18.0 Å². The number of carboxylic acids is 1. The molecule has 1 amide bonds. The average molecular weight is 491 g/mol. The van der Waals surface area contributed by atoms with E-state index in [4.69, 9.17) is 9.84 Å². The lowest BCUT2D eigenvalue weighted by molar-refractivity contribution is -0.161. The van der Waals surface area contributed by atoms with Crippen LogP contribution in [-0.4, -0.2) is 65.9 Å². The molecule has 184 valence electrons. The van der Waals surface area contributed by atoms with Gasteiger partial charge >= 0.3 is 5.97 Å². The summed E-state index contributed by atoms with van der Waals surface area (Å²) in [7, 11) is -3.39. The van der Waals surface area contributed by atoms with E-state index in [0.29, 0.717) is 42.9 Å². The molecule has 1 aromatic heterocycles. The van der Waals surface area contributed by atoms with Gasteiger partial charge < -0.3 is 15.2 Å². The van der Waals surface area contributed by atoms with Gasteiger partial charge in [0.1, 0.15) is 10.4 Å². The minimum absolute atomic E-state index is 0.0137. The third kappa shape index (κ3) is 4.72. The van der Waals surface area contributed by atoms with Crippen LogP contribution in [0.2, 0.25) is 0 Å². The van der Waals surface area contributed by atoms with E-state index >= 15 is 0 Å². The van der Waals surface area contributed by atoms with Crippen LogP contribution in [0.15, 0.2) is 30.5 Å². The predicted molar refractivity (Wildman–Crippen MR) is 123 cm³/mol. The summed E-state index contributed by atoms with van der Waals surface area (Å²) in [5, 5.41) is 20.1. The van der Waals surface area contributed by atoms with Crippen LogP contribution in [0.1, 0.15) is 55.6 Å². The summed E-state index contributed by atoms with van der Waals surface area (Å²) in [5.74, 6) is -1.24. The molecule has 34 heavy (non-hydrogen) atoms. The topological polar surface area (TPSA) is 140 Å². The van der Waals surface area contributed by atoms with Crippen molar-refractivity contribution in [1.29, 1.82) is 0 Å². The predicted octanol–water partition coefficient (Wildman–Crippen LogP) is 1.94. The number of nitrogens with zero attached hydrogens (tertiary/aromatic N) is 3. The van der Waals surface area contributed by atoms with Gasteiger partial charge in [0, 0.05) is 18.4 Å². The van der Waals surface area contributed by atoms with Gasteiger partial charge in [-0.2, -0.15) is 0 Å². The second-order valence-corrected chi connectivity index (χ2v) is 12.6. The minimum atomic E-state index is -3.39. The van der Waals surface area contributed by atoms with Crippen LogP contribution in [0.3, 0.4) is 0 Å². The molecule has 2 aromatic rings. The van der Waals surface area contributed by atoms with E-state index in [1.54, 1.807) is 44.3 Å². The van der Waals surface area contributed by atoms with Crippen LogP contribution in [0, 0.1) is 11.3 Å². The maximum atomic E-state index is 12.7. The molecule has 2 heterocycles. The average Bonchev–Trinajstić information content (AvgIpc) is 3.26. The lowest BCUT2D eigenvalue weighted by atomic mass is 9.59. The van der Waals surface area contributed by atoms with Gasteiger partial charge in [-0.05, 0) is 63.1 Å². The standard InChI is InChI=1S/C23H30N4O6S/c1-22(2,34(3,31)32)19-13-27(26-25-19)17-6-4-5-15(9-17)20(28)24-12-18-7-8-23(14-33-18)10-16(11-23)21(29)30/h4-6,9,13,16,18H,7-8,10-12,14H2,1-3H3,(H,24,28)(H,29,30). The monoisotopic (exact) mass is 490 g/mol. The van der Waals surface area contributed by atoms with Crippen LogP contribution < -0.4 is 5.32 Å². The van der Waals surface area contributed by atoms with E-state index in [1.165, 1.54) is 4.68 Å². The van der Waals surface area contributed by atoms with E-state index in [0.717, 1.165) is 19.1 Å². The smallest absolute Gasteiger partial charge is 0.306 e. The Kier molecular flexibility index (Phi) is 6.28. The summed E-state index contributed by atoms with van der Waals surface area (Å²) in [6.45, 7) is 4.05. The van der Waals surface area contributed by atoms with Crippen LogP contribution in [-0.2, 0) is 24.1 Å². The number of sulfone groups is 1. The van der Waals surface area contributed by atoms with Gasteiger partial charge in [-0.3, -0.25) is 9.59 Å². The van der Waals surface area contributed by atoms with Crippen molar-refractivity contribution in [2.75, 3.05) is 19.4 Å². The zero-order valence-electron chi connectivity index (χ0n) is 19.5. The highest BCUT2D eigenvalue weighted by atomic mass is 32.2. The first-order chi connectivity index (χ1) is 15.9. The molecule has 0 bridgehead atoms. The molecule has 10 nitrogen and oxygen atoms in total. The van der Waals surface area contributed by atoms with Gasteiger partial charge in [-0.1, -0.05) is 11.3 Å². The number of hydrogen-bond acceptors (Lipinski definition) is 7. The number of aromatic nitrogens is 3. The number of rotatable bonds is 7. The first kappa shape index (κ1) is 24.3. The van der Waals surface area contributed by atoms with Crippen molar-refractivity contribution in [2.45, 2.75) is 50.4 Å². The van der Waals surface area contributed by atoms with E-state index < -0.39 is 20.6 Å². The fourth-order valence-corrected chi connectivity index (χ4v) is 4.99. The summed E-state index contributed by atoms with van der Waals surface area (Å²) >= 11 is 0. The zero-order valence-corrected chi connectivity index (χ0v) is 20.3. The first-order valence-electron chi connectivity index (χ1n) is 11.3. The maximum absolute atomic E-state index is 12.7. The van der Waals surface area contributed by atoms with Crippen molar-refractivity contribution in [3.05, 3.63) is 41.7 Å². The Morgan fingerprint density at radius 1 is 1.32 bits per heavy atom. The Morgan fingerprint density at radius 2 is 2.06 bits per heavy atom. The largest absolute Gasteiger partial charge is 0.481 e. The number of ether oxygens (including phenoxy) is 1. The molecule has 11 heteroatoms. The SMILES string of the molecule is CC(C)(c1cn(-c2cccc(C(=O)NCC3CCC4(CO3)CC(C(=O)O)C4)c2)nn1)S(C)(=O)=O. The minimum Gasteiger partial charge on any atom is -0.481 e. The normalized spacial score (nSPS) is 25.0. The Hall–Kier alpha value is -2.79. The van der Waals surface area contributed by atoms with Crippen molar-refractivity contribution in [3.8, 4) is 5.69 Å². The first-order valence-corrected chi connectivity index (χ1v) is 13.1. The number of carbonyl (C=O) groups excluding carboxylic acids is 1. The molecule has 2 fully saturated rings. The third-order valence-corrected chi connectivity index (χ3v) is 9.29. The Bertz CT molecular complexity index is 1190. The molecule has 1 unspecified atom stereocenters. The second-order valence-electron chi connectivity index (χ2n) is 10.0. The van der Waals surface area contributed by atoms with Crippen molar-refractivity contribution in [2.24, 2.45) is 11.3 Å². The Balaban J connectivity index is 1.34. The van der Waals surface area contributed by atoms with E-state index in [-0.39, 0.29) is 23.3 Å². The summed E-state index contributed by atoms with van der Waals surface area (Å²) in [4.78, 5) is 23.8. The summed E-state index contributed by atoms with van der Waals surface area (Å²) in [5.41, 5.74) is 1.33. The van der Waals surface area contributed by atoms with Crippen LogP contribution in [0.25, 0.3) is 5.69 Å². The third-order valence-electron chi connectivity index (χ3n) is 7.23. The van der Waals surface area contributed by atoms with Crippen LogP contribution in [0.4, 0.5) is 0 Å². The van der Waals surface area contributed by atoms with Crippen LogP contribution in [0.5, 0.6) is 0 Å². The van der Waals surface area contributed by atoms with Gasteiger partial charge in [-0.25, -0.2) is 13.1 Å². The van der Waals surface area contributed by atoms with Gasteiger partial charge in [0.15, 0.2) is 9.84 Å². The Labute approximate surface area is 198 Å². The molecule has 1 aliphatic heterocycles. The highest BCUT2D eigenvalue weighted by molar-refractivity contribution is 7.91. The number of carbonyl (C=O) groups is 2. The summed E-state index contributed by atoms with van der Waals surface area (Å²) < 4.78 is 30.3. The second kappa shape index (κ2) is 8.77. The molecule has 1 aliphatic carbocycles. The molecule has 2 aliphatic rings. The summed E-state index contributed by atoms with van der Waals surface area (Å²) in [6, 6.07) is 6.84. The van der Waals surface area contributed by atoms with Gasteiger partial charge in [0.2, 0.25) is 0 Å². The molecule has 1 aromatic carbocycles. The highest BCUT2D eigenvalue weighted by Gasteiger charge is 2.49. The molecule has 1 saturated carbocycles. The number of hydrogen-bond donors (Lipinski definition) is 2. The molecule has 2 N–H and O–H groups in total.